The standard InChI is InChI=1S/C25H17NO/c26-17-23-21(18-10-4-1-5-11-18)16-22(19-12-6-2-7-13-19)25(27)24(23)20-14-8-3-9-15-20/h1-16,27H. The third-order valence-electron chi connectivity index (χ3n) is 4.64. The summed E-state index contributed by atoms with van der Waals surface area (Å²) < 4.78 is 0. The lowest BCUT2D eigenvalue weighted by Crippen LogP contribution is -1.94. The Morgan fingerprint density at radius 1 is 0.593 bits per heavy atom. The van der Waals surface area contributed by atoms with E-state index in [1.54, 1.807) is 0 Å². The minimum Gasteiger partial charge on any atom is -0.507 e. The average Bonchev–Trinajstić information content (AvgIpc) is 2.75. The quantitative estimate of drug-likeness (QED) is 0.475. The van der Waals surface area contributed by atoms with Crippen LogP contribution in [0.2, 0.25) is 0 Å². The van der Waals surface area contributed by atoms with Crippen LogP contribution in [0.4, 0.5) is 0 Å². The van der Waals surface area contributed by atoms with Crippen molar-refractivity contribution < 1.29 is 5.11 Å². The Morgan fingerprint density at radius 2 is 1.04 bits per heavy atom. The number of hydrogen-bond donors (Lipinski definition) is 1. The summed E-state index contributed by atoms with van der Waals surface area (Å²) in [6.07, 6.45) is 0. The molecule has 4 aromatic rings. The first-order chi connectivity index (χ1) is 13.3. The third kappa shape index (κ3) is 3.07. The van der Waals surface area contributed by atoms with Crippen LogP contribution in [0.15, 0.2) is 97.1 Å². The Kier molecular flexibility index (Phi) is 4.43. The normalized spacial score (nSPS) is 10.3. The highest BCUT2D eigenvalue weighted by atomic mass is 16.3. The highest BCUT2D eigenvalue weighted by molar-refractivity contribution is 5.93. The molecule has 0 aliphatic carbocycles. The Morgan fingerprint density at radius 3 is 1.52 bits per heavy atom. The maximum Gasteiger partial charge on any atom is 0.132 e. The van der Waals surface area contributed by atoms with Crippen molar-refractivity contribution in [2.45, 2.75) is 0 Å². The van der Waals surface area contributed by atoms with Crippen LogP contribution in [0.5, 0.6) is 5.75 Å². The SMILES string of the molecule is N#Cc1c(-c2ccccc2)cc(-c2ccccc2)c(O)c1-c1ccccc1. The predicted molar refractivity (Wildman–Crippen MR) is 109 cm³/mol. The molecule has 0 radical (unpaired) electrons. The molecule has 0 aromatic heterocycles. The van der Waals surface area contributed by atoms with E-state index < -0.39 is 0 Å². The largest absolute Gasteiger partial charge is 0.507 e. The molecule has 0 spiro atoms. The molecule has 4 rings (SSSR count). The monoisotopic (exact) mass is 347 g/mol. The molecule has 128 valence electrons. The number of phenolic OH excluding ortho intramolecular Hbond substituents is 1. The van der Waals surface area contributed by atoms with Crippen LogP contribution in [-0.2, 0) is 0 Å². The first-order valence-electron chi connectivity index (χ1n) is 8.76. The summed E-state index contributed by atoms with van der Waals surface area (Å²) in [5.41, 5.74) is 5.25. The van der Waals surface area contributed by atoms with Crippen LogP contribution in [0.3, 0.4) is 0 Å². The molecule has 0 bridgehead atoms. The lowest BCUT2D eigenvalue weighted by atomic mass is 9.87. The van der Waals surface area contributed by atoms with Gasteiger partial charge in [0.15, 0.2) is 0 Å². The number of hydrogen-bond acceptors (Lipinski definition) is 2. The fraction of sp³-hybridized carbons (Fsp3) is 0. The van der Waals surface area contributed by atoms with Gasteiger partial charge in [0.2, 0.25) is 0 Å². The topological polar surface area (TPSA) is 44.0 Å². The number of benzene rings is 4. The van der Waals surface area contributed by atoms with E-state index in [0.717, 1.165) is 22.3 Å². The maximum absolute atomic E-state index is 11.1. The molecule has 27 heavy (non-hydrogen) atoms. The molecule has 0 saturated heterocycles. The van der Waals surface area contributed by atoms with Crippen molar-refractivity contribution in [1.29, 1.82) is 5.26 Å². The third-order valence-corrected chi connectivity index (χ3v) is 4.64. The summed E-state index contributed by atoms with van der Waals surface area (Å²) in [5.74, 6) is 0.128. The van der Waals surface area contributed by atoms with E-state index in [9.17, 15) is 10.4 Å². The molecule has 0 aliphatic rings. The van der Waals surface area contributed by atoms with Crippen molar-refractivity contribution >= 4 is 0 Å². The minimum absolute atomic E-state index is 0.128. The van der Waals surface area contributed by atoms with Crippen molar-refractivity contribution in [3.05, 3.63) is 103 Å². The van der Waals surface area contributed by atoms with Crippen LogP contribution >= 0.6 is 0 Å². The van der Waals surface area contributed by atoms with Crippen molar-refractivity contribution in [3.8, 4) is 45.2 Å². The van der Waals surface area contributed by atoms with Gasteiger partial charge in [-0.15, -0.1) is 0 Å². The fourth-order valence-corrected chi connectivity index (χ4v) is 3.36. The molecule has 0 fully saturated rings. The first-order valence-corrected chi connectivity index (χ1v) is 8.76. The highest BCUT2D eigenvalue weighted by Crippen LogP contribution is 2.44. The van der Waals surface area contributed by atoms with Crippen LogP contribution in [0.1, 0.15) is 5.56 Å². The van der Waals surface area contributed by atoms with Gasteiger partial charge in [0.05, 0.1) is 5.56 Å². The van der Waals surface area contributed by atoms with E-state index >= 15 is 0 Å². The summed E-state index contributed by atoms with van der Waals surface area (Å²) >= 11 is 0. The summed E-state index contributed by atoms with van der Waals surface area (Å²) in [6, 6.07) is 33.4. The van der Waals surface area contributed by atoms with Gasteiger partial charge < -0.3 is 5.11 Å². The van der Waals surface area contributed by atoms with E-state index in [1.165, 1.54) is 0 Å². The van der Waals surface area contributed by atoms with Gasteiger partial charge in [-0.1, -0.05) is 91.0 Å². The van der Waals surface area contributed by atoms with Gasteiger partial charge in [0.25, 0.3) is 0 Å². The number of nitrogens with zero attached hydrogens (tertiary/aromatic N) is 1. The van der Waals surface area contributed by atoms with E-state index in [1.807, 2.05) is 97.1 Å². The number of rotatable bonds is 3. The Balaban J connectivity index is 2.10. The summed E-state index contributed by atoms with van der Waals surface area (Å²) in [6.45, 7) is 0. The average molecular weight is 347 g/mol. The van der Waals surface area contributed by atoms with Gasteiger partial charge in [0, 0.05) is 16.7 Å². The van der Waals surface area contributed by atoms with Crippen molar-refractivity contribution in [3.63, 3.8) is 0 Å². The molecule has 0 heterocycles. The molecule has 1 N–H and O–H groups in total. The van der Waals surface area contributed by atoms with Crippen LogP contribution < -0.4 is 0 Å². The van der Waals surface area contributed by atoms with Crippen LogP contribution in [0.25, 0.3) is 33.4 Å². The van der Waals surface area contributed by atoms with E-state index in [-0.39, 0.29) is 5.75 Å². The second-order valence-electron chi connectivity index (χ2n) is 6.28. The second kappa shape index (κ2) is 7.19. The molecule has 4 aromatic carbocycles. The lowest BCUT2D eigenvalue weighted by molar-refractivity contribution is 0.479. The van der Waals surface area contributed by atoms with Crippen LogP contribution in [-0.4, -0.2) is 5.11 Å². The van der Waals surface area contributed by atoms with Gasteiger partial charge >= 0.3 is 0 Å². The molecule has 0 saturated carbocycles. The van der Waals surface area contributed by atoms with Crippen molar-refractivity contribution in [1.82, 2.24) is 0 Å². The molecule has 0 amide bonds. The summed E-state index contributed by atoms with van der Waals surface area (Å²) in [7, 11) is 0. The summed E-state index contributed by atoms with van der Waals surface area (Å²) in [5, 5.41) is 21.1. The zero-order valence-corrected chi connectivity index (χ0v) is 14.6. The Labute approximate surface area is 158 Å². The molecule has 2 heteroatoms. The van der Waals surface area contributed by atoms with E-state index in [4.69, 9.17) is 0 Å². The lowest BCUT2D eigenvalue weighted by Gasteiger charge is -2.17. The number of phenols is 1. The van der Waals surface area contributed by atoms with Gasteiger partial charge in [-0.2, -0.15) is 5.26 Å². The number of aromatic hydroxyl groups is 1. The van der Waals surface area contributed by atoms with E-state index in [2.05, 4.69) is 6.07 Å². The molecule has 0 atom stereocenters. The fourth-order valence-electron chi connectivity index (χ4n) is 3.36. The molecule has 0 aliphatic heterocycles. The highest BCUT2D eigenvalue weighted by Gasteiger charge is 2.20. The van der Waals surface area contributed by atoms with Gasteiger partial charge in [0.1, 0.15) is 11.8 Å². The second-order valence-corrected chi connectivity index (χ2v) is 6.28. The summed E-state index contributed by atoms with van der Waals surface area (Å²) in [4.78, 5) is 0. The zero-order chi connectivity index (χ0) is 18.6. The maximum atomic E-state index is 11.1. The van der Waals surface area contributed by atoms with Crippen molar-refractivity contribution in [2.75, 3.05) is 0 Å². The van der Waals surface area contributed by atoms with E-state index in [0.29, 0.717) is 16.7 Å². The first kappa shape index (κ1) is 16.6. The van der Waals surface area contributed by atoms with Gasteiger partial charge in [-0.05, 0) is 22.8 Å². The van der Waals surface area contributed by atoms with Gasteiger partial charge in [-0.3, -0.25) is 0 Å². The molecule has 2 nitrogen and oxygen atoms in total. The smallest absolute Gasteiger partial charge is 0.132 e. The van der Waals surface area contributed by atoms with Gasteiger partial charge in [-0.25, -0.2) is 0 Å². The Hall–Kier alpha value is -3.83. The number of nitriles is 1. The van der Waals surface area contributed by atoms with Crippen LogP contribution in [0, 0.1) is 11.3 Å². The minimum atomic E-state index is 0.128. The van der Waals surface area contributed by atoms with Crippen molar-refractivity contribution in [2.24, 2.45) is 0 Å². The predicted octanol–water partition coefficient (Wildman–Crippen LogP) is 6.26. The Bertz CT molecular complexity index is 1110. The molecular formula is C25H17NO. The molecular weight excluding hydrogens is 330 g/mol. The zero-order valence-electron chi connectivity index (χ0n) is 14.6. The molecule has 0 unspecified atom stereocenters.